The highest BCUT2D eigenvalue weighted by Crippen LogP contribution is 2.23. The second kappa shape index (κ2) is 12.2. The second-order valence-electron chi connectivity index (χ2n) is 9.07. The maximum absolute atomic E-state index is 13.5. The van der Waals surface area contributed by atoms with E-state index >= 15 is 0 Å². The molecule has 9 nitrogen and oxygen atoms in total. The maximum atomic E-state index is 13.5. The van der Waals surface area contributed by atoms with Crippen LogP contribution in [-0.4, -0.2) is 61.1 Å². The number of benzene rings is 1. The topological polar surface area (TPSA) is 114 Å². The SMILES string of the molecule is CCC(C)C(NC(=O)OC(C)(C)C)C(=O)N(C)C(C(=O)NCC(=O)OC)c1ccc(C)cc1. The summed E-state index contributed by atoms with van der Waals surface area (Å²) in [5.74, 6) is -1.82. The monoisotopic (exact) mass is 463 g/mol. The van der Waals surface area contributed by atoms with Crippen LogP contribution in [0.4, 0.5) is 4.79 Å². The molecule has 0 saturated heterocycles. The van der Waals surface area contributed by atoms with Crippen molar-refractivity contribution in [3.05, 3.63) is 35.4 Å². The van der Waals surface area contributed by atoms with Gasteiger partial charge < -0.3 is 25.0 Å². The largest absolute Gasteiger partial charge is 0.468 e. The number of nitrogens with zero attached hydrogens (tertiary/aromatic N) is 1. The van der Waals surface area contributed by atoms with Gasteiger partial charge in [0.05, 0.1) is 7.11 Å². The summed E-state index contributed by atoms with van der Waals surface area (Å²) in [6.07, 6.45) is -0.0966. The smallest absolute Gasteiger partial charge is 0.408 e. The van der Waals surface area contributed by atoms with Crippen molar-refractivity contribution < 1.29 is 28.7 Å². The Morgan fingerprint density at radius 3 is 2.15 bits per heavy atom. The third-order valence-corrected chi connectivity index (χ3v) is 5.16. The van der Waals surface area contributed by atoms with Crippen LogP contribution in [0.3, 0.4) is 0 Å². The van der Waals surface area contributed by atoms with Crippen molar-refractivity contribution in [2.24, 2.45) is 5.92 Å². The van der Waals surface area contributed by atoms with E-state index in [0.29, 0.717) is 12.0 Å². The highest BCUT2D eigenvalue weighted by atomic mass is 16.6. The summed E-state index contributed by atoms with van der Waals surface area (Å²) in [4.78, 5) is 51.8. The van der Waals surface area contributed by atoms with Gasteiger partial charge in [-0.2, -0.15) is 0 Å². The number of carbonyl (C=O) groups is 4. The summed E-state index contributed by atoms with van der Waals surface area (Å²) < 4.78 is 9.91. The van der Waals surface area contributed by atoms with Crippen molar-refractivity contribution >= 4 is 23.9 Å². The number of rotatable bonds is 9. The molecule has 0 fully saturated rings. The molecular formula is C24H37N3O6. The van der Waals surface area contributed by atoms with Gasteiger partial charge in [-0.05, 0) is 39.2 Å². The number of methoxy groups -OCH3 is 1. The lowest BCUT2D eigenvalue weighted by atomic mass is 9.96. The first-order valence-corrected chi connectivity index (χ1v) is 11.0. The van der Waals surface area contributed by atoms with E-state index < -0.39 is 41.6 Å². The molecule has 0 radical (unpaired) electrons. The summed E-state index contributed by atoms with van der Waals surface area (Å²) >= 11 is 0. The van der Waals surface area contributed by atoms with Crippen LogP contribution in [0.1, 0.15) is 58.2 Å². The number of ether oxygens (including phenoxy) is 2. The lowest BCUT2D eigenvalue weighted by Crippen LogP contribution is -2.54. The normalized spacial score (nSPS) is 13.8. The number of alkyl carbamates (subject to hydrolysis) is 1. The van der Waals surface area contributed by atoms with Crippen molar-refractivity contribution in [1.29, 1.82) is 0 Å². The lowest BCUT2D eigenvalue weighted by Gasteiger charge is -2.33. The number of hydrogen-bond donors (Lipinski definition) is 2. The molecule has 0 spiro atoms. The number of carbonyl (C=O) groups excluding carboxylic acids is 4. The Morgan fingerprint density at radius 1 is 1.09 bits per heavy atom. The Hall–Kier alpha value is -3.10. The summed E-state index contributed by atoms with van der Waals surface area (Å²) in [5, 5.41) is 5.18. The molecule has 3 unspecified atom stereocenters. The quantitative estimate of drug-likeness (QED) is 0.545. The molecule has 0 bridgehead atoms. The molecular weight excluding hydrogens is 426 g/mol. The minimum atomic E-state index is -1.02. The molecule has 0 heterocycles. The van der Waals surface area contributed by atoms with E-state index in [-0.39, 0.29) is 12.5 Å². The zero-order chi connectivity index (χ0) is 25.3. The lowest BCUT2D eigenvalue weighted by molar-refractivity contribution is -0.144. The highest BCUT2D eigenvalue weighted by molar-refractivity contribution is 5.93. The van der Waals surface area contributed by atoms with Crippen LogP contribution in [0.25, 0.3) is 0 Å². The van der Waals surface area contributed by atoms with Gasteiger partial charge in [-0.3, -0.25) is 14.4 Å². The Bertz CT molecular complexity index is 832. The van der Waals surface area contributed by atoms with Gasteiger partial charge in [0.1, 0.15) is 24.2 Å². The Labute approximate surface area is 196 Å². The van der Waals surface area contributed by atoms with Crippen LogP contribution in [0.2, 0.25) is 0 Å². The minimum absolute atomic E-state index is 0.218. The molecule has 0 aromatic heterocycles. The molecule has 9 heteroatoms. The fraction of sp³-hybridized carbons (Fsp3) is 0.583. The predicted molar refractivity (Wildman–Crippen MR) is 124 cm³/mol. The van der Waals surface area contributed by atoms with Crippen molar-refractivity contribution in [2.45, 2.75) is 65.6 Å². The van der Waals surface area contributed by atoms with E-state index in [0.717, 1.165) is 5.56 Å². The summed E-state index contributed by atoms with van der Waals surface area (Å²) in [6.45, 7) is 10.5. The maximum Gasteiger partial charge on any atom is 0.408 e. The predicted octanol–water partition coefficient (Wildman–Crippen LogP) is 2.72. The first-order chi connectivity index (χ1) is 15.3. The van der Waals surface area contributed by atoms with E-state index in [1.54, 1.807) is 32.9 Å². The first kappa shape index (κ1) is 27.9. The van der Waals surface area contributed by atoms with Gasteiger partial charge in [0, 0.05) is 7.05 Å². The fourth-order valence-electron chi connectivity index (χ4n) is 3.09. The molecule has 0 aliphatic heterocycles. The van der Waals surface area contributed by atoms with Gasteiger partial charge in [0.15, 0.2) is 0 Å². The van der Waals surface area contributed by atoms with Gasteiger partial charge in [-0.1, -0.05) is 50.1 Å². The molecule has 0 aliphatic carbocycles. The van der Waals surface area contributed by atoms with E-state index in [9.17, 15) is 19.2 Å². The molecule has 184 valence electrons. The van der Waals surface area contributed by atoms with Gasteiger partial charge in [-0.25, -0.2) is 4.79 Å². The molecule has 1 aromatic carbocycles. The first-order valence-electron chi connectivity index (χ1n) is 11.0. The third-order valence-electron chi connectivity index (χ3n) is 5.16. The van der Waals surface area contributed by atoms with Crippen LogP contribution in [0.5, 0.6) is 0 Å². The summed E-state index contributed by atoms with van der Waals surface area (Å²) in [6, 6.07) is 5.24. The molecule has 33 heavy (non-hydrogen) atoms. The fourth-order valence-corrected chi connectivity index (χ4v) is 3.09. The standard InChI is InChI=1S/C24H37N3O6/c1-9-16(3)19(26-23(31)33-24(4,5)6)22(30)27(7)20(17-12-10-15(2)11-13-17)21(29)25-14-18(28)32-8/h10-13,16,19-20H,9,14H2,1-8H3,(H,25,29)(H,26,31). The van der Waals surface area contributed by atoms with Crippen LogP contribution >= 0.6 is 0 Å². The Kier molecular flexibility index (Phi) is 10.3. The van der Waals surface area contributed by atoms with Crippen molar-refractivity contribution in [3.63, 3.8) is 0 Å². The van der Waals surface area contributed by atoms with E-state index in [2.05, 4.69) is 15.4 Å². The number of amides is 3. The highest BCUT2D eigenvalue weighted by Gasteiger charge is 2.36. The second-order valence-corrected chi connectivity index (χ2v) is 9.07. The van der Waals surface area contributed by atoms with Crippen LogP contribution in [0, 0.1) is 12.8 Å². The van der Waals surface area contributed by atoms with Crippen LogP contribution in [-0.2, 0) is 23.9 Å². The zero-order valence-electron chi connectivity index (χ0n) is 20.9. The molecule has 0 saturated carbocycles. The van der Waals surface area contributed by atoms with E-state index in [4.69, 9.17) is 4.74 Å². The van der Waals surface area contributed by atoms with Crippen LogP contribution in [0.15, 0.2) is 24.3 Å². The zero-order valence-corrected chi connectivity index (χ0v) is 20.9. The third kappa shape index (κ3) is 8.75. The van der Waals surface area contributed by atoms with Gasteiger partial charge in [0.25, 0.3) is 0 Å². The molecule has 0 aliphatic rings. The van der Waals surface area contributed by atoms with Gasteiger partial charge in [0.2, 0.25) is 11.8 Å². The summed E-state index contributed by atoms with van der Waals surface area (Å²) in [7, 11) is 2.72. The average molecular weight is 464 g/mol. The summed E-state index contributed by atoms with van der Waals surface area (Å²) in [5.41, 5.74) is 0.835. The molecule has 2 N–H and O–H groups in total. The molecule has 1 rings (SSSR count). The Morgan fingerprint density at radius 2 is 1.67 bits per heavy atom. The van der Waals surface area contributed by atoms with Gasteiger partial charge in [-0.15, -0.1) is 0 Å². The average Bonchev–Trinajstić information content (AvgIpc) is 2.74. The molecule has 1 aromatic rings. The van der Waals surface area contributed by atoms with E-state index in [1.807, 2.05) is 32.9 Å². The minimum Gasteiger partial charge on any atom is -0.468 e. The molecule has 3 amide bonds. The Balaban J connectivity index is 3.24. The van der Waals surface area contributed by atoms with Crippen molar-refractivity contribution in [2.75, 3.05) is 20.7 Å². The number of likely N-dealkylation sites (N-methyl/N-ethyl adjacent to an activating group) is 1. The van der Waals surface area contributed by atoms with Crippen molar-refractivity contribution in [3.8, 4) is 0 Å². The van der Waals surface area contributed by atoms with E-state index in [1.165, 1.54) is 19.1 Å². The van der Waals surface area contributed by atoms with Gasteiger partial charge >= 0.3 is 12.1 Å². The number of esters is 1. The van der Waals surface area contributed by atoms with Crippen LogP contribution < -0.4 is 10.6 Å². The number of aryl methyl sites for hydroxylation is 1. The number of nitrogens with one attached hydrogen (secondary N) is 2. The number of hydrogen-bond acceptors (Lipinski definition) is 6. The molecule has 3 atom stereocenters. The van der Waals surface area contributed by atoms with Crippen molar-refractivity contribution in [1.82, 2.24) is 15.5 Å².